The fourth-order valence-electron chi connectivity index (χ4n) is 16.5. The number of fused-ring (bicyclic) bond motifs is 10. The quantitative estimate of drug-likeness (QED) is 0.0992. The first-order valence-electron chi connectivity index (χ1n) is 40.4. The first kappa shape index (κ1) is 71.6. The van der Waals surface area contributed by atoms with E-state index < -0.39 is 0 Å². The number of hydrogen-bond acceptors (Lipinski definition) is 8. The highest BCUT2D eigenvalue weighted by molar-refractivity contribution is 6.22. The maximum Gasteiger partial charge on any atom is 0.164 e. The molecule has 22 aromatic rings. The molecule has 0 aliphatic heterocycles. The Labute approximate surface area is 694 Å². The molecule has 0 amide bonds. The molecular formula is C112H72N8. The van der Waals surface area contributed by atoms with Crippen molar-refractivity contribution in [3.63, 3.8) is 0 Å². The summed E-state index contributed by atoms with van der Waals surface area (Å²) in [5.74, 6) is 3.80. The molecule has 0 saturated heterocycles. The van der Waals surface area contributed by atoms with Crippen LogP contribution in [-0.4, -0.2) is 39.9 Å². The minimum atomic E-state index is 0.629. The zero-order valence-corrected chi connectivity index (χ0v) is 65.1. The van der Waals surface area contributed by atoms with Gasteiger partial charge in [0.05, 0.1) is 22.4 Å². The summed E-state index contributed by atoms with van der Waals surface area (Å²) < 4.78 is 0. The van der Waals surface area contributed by atoms with Crippen LogP contribution in [-0.2, 0) is 0 Å². The second-order valence-electron chi connectivity index (χ2n) is 30.1. The molecule has 4 heterocycles. The van der Waals surface area contributed by atoms with E-state index in [-0.39, 0.29) is 0 Å². The van der Waals surface area contributed by atoms with Gasteiger partial charge < -0.3 is 0 Å². The smallest absolute Gasteiger partial charge is 0.164 e. The summed E-state index contributed by atoms with van der Waals surface area (Å²) in [6.07, 6.45) is 0. The van der Waals surface area contributed by atoms with Gasteiger partial charge in [0.15, 0.2) is 34.9 Å². The van der Waals surface area contributed by atoms with Gasteiger partial charge in [-0.25, -0.2) is 39.9 Å². The van der Waals surface area contributed by atoms with Crippen LogP contribution < -0.4 is 0 Å². The van der Waals surface area contributed by atoms with Crippen molar-refractivity contribution in [2.24, 2.45) is 0 Å². The zero-order valence-electron chi connectivity index (χ0n) is 65.1. The molecule has 8 nitrogen and oxygen atoms in total. The van der Waals surface area contributed by atoms with Gasteiger partial charge >= 0.3 is 0 Å². The van der Waals surface area contributed by atoms with E-state index in [2.05, 4.69) is 364 Å². The average Bonchev–Trinajstić information content (AvgIpc) is 0.755. The molecule has 8 heteroatoms. The van der Waals surface area contributed by atoms with Crippen molar-refractivity contribution in [3.8, 4) is 158 Å². The molecule has 0 N–H and O–H groups in total. The van der Waals surface area contributed by atoms with E-state index in [0.717, 1.165) is 128 Å². The van der Waals surface area contributed by atoms with Gasteiger partial charge in [-0.05, 0) is 124 Å². The van der Waals surface area contributed by atoms with Gasteiger partial charge in [-0.3, -0.25) is 0 Å². The Morgan fingerprint density at radius 2 is 0.400 bits per heavy atom. The first-order chi connectivity index (χ1) is 59.4. The van der Waals surface area contributed by atoms with Gasteiger partial charge in [-0.15, -0.1) is 0 Å². The van der Waals surface area contributed by atoms with Crippen LogP contribution in [0.4, 0.5) is 0 Å². The third-order valence-corrected chi connectivity index (χ3v) is 22.6. The molecule has 0 bridgehead atoms. The van der Waals surface area contributed by atoms with Crippen molar-refractivity contribution in [1.82, 2.24) is 39.9 Å². The Hall–Kier alpha value is -16.2. The number of rotatable bonds is 14. The van der Waals surface area contributed by atoms with E-state index in [9.17, 15) is 0 Å². The Kier molecular flexibility index (Phi) is 18.8. The monoisotopic (exact) mass is 1530 g/mol. The standard InChI is InChI=1S/2C56H36N4/c1-3-13-37(14-4-1)38-29-31-43(32-30-38)55-58-54(42-16-5-2-6-17-42)59-56(60-55)47-21-12-19-45(36-47)40-27-25-39(26-28-40)44-18-11-20-46(35-44)53-52-48-22-8-7-15-41(48)33-34-50(52)49-23-9-10-24-51(49)57-53;1-3-13-37(14-4-1)38-29-31-43(32-30-38)55-58-54(42-16-5-2-6-17-42)59-56(60-55)47-21-12-19-45(36-47)40-27-25-39(26-28-40)44-18-11-20-46(35-44)52-50-24-10-9-23-49(50)51-34-33-41-15-7-8-22-48(41)53(51)57-52/h2*1-36H. The predicted octanol–water partition coefficient (Wildman–Crippen LogP) is 28.8. The number of benzene rings is 18. The Balaban J connectivity index is 0.000000148. The van der Waals surface area contributed by atoms with E-state index in [4.69, 9.17) is 39.9 Å². The summed E-state index contributed by atoms with van der Waals surface area (Å²) in [7, 11) is 0. The van der Waals surface area contributed by atoms with Crippen LogP contribution in [0.5, 0.6) is 0 Å². The average molecular weight is 1530 g/mol. The molecular weight excluding hydrogens is 1460 g/mol. The molecule has 22 rings (SSSR count). The lowest BCUT2D eigenvalue weighted by Gasteiger charge is -2.14. The second-order valence-corrected chi connectivity index (χ2v) is 30.1. The minimum absolute atomic E-state index is 0.629. The maximum atomic E-state index is 5.37. The van der Waals surface area contributed by atoms with Gasteiger partial charge in [-0.2, -0.15) is 0 Å². The minimum Gasteiger partial charge on any atom is -0.247 e. The van der Waals surface area contributed by atoms with Crippen molar-refractivity contribution < 1.29 is 0 Å². The number of aromatic nitrogens is 8. The highest BCUT2D eigenvalue weighted by atomic mass is 15.0. The van der Waals surface area contributed by atoms with Gasteiger partial charge in [0, 0.05) is 71.4 Å². The number of pyridine rings is 2. The molecule has 0 spiro atoms. The first-order valence-corrected chi connectivity index (χ1v) is 40.4. The lowest BCUT2D eigenvalue weighted by atomic mass is 9.93. The van der Waals surface area contributed by atoms with E-state index in [1.165, 1.54) is 59.6 Å². The van der Waals surface area contributed by atoms with Crippen LogP contribution in [0.3, 0.4) is 0 Å². The largest absolute Gasteiger partial charge is 0.247 e. The third-order valence-electron chi connectivity index (χ3n) is 22.6. The Bertz CT molecular complexity index is 7580. The van der Waals surface area contributed by atoms with Gasteiger partial charge in [0.2, 0.25) is 0 Å². The van der Waals surface area contributed by atoms with Crippen molar-refractivity contribution >= 4 is 64.9 Å². The third kappa shape index (κ3) is 14.2. The van der Waals surface area contributed by atoms with Crippen molar-refractivity contribution in [2.75, 3.05) is 0 Å². The number of nitrogens with zero attached hydrogens (tertiary/aromatic N) is 8. The summed E-state index contributed by atoms with van der Waals surface area (Å²) in [5.41, 5.74) is 25.4. The fourth-order valence-corrected chi connectivity index (χ4v) is 16.5. The molecule has 0 radical (unpaired) electrons. The summed E-state index contributed by atoms with van der Waals surface area (Å²) in [4.78, 5) is 40.7. The summed E-state index contributed by atoms with van der Waals surface area (Å²) >= 11 is 0. The molecule has 560 valence electrons. The molecule has 0 atom stereocenters. The SMILES string of the molecule is c1ccc(-c2ccc(-c3nc(-c4ccccc4)nc(-c4cccc(-c5ccc(-c6cccc(-c7nc8c9ccccc9ccc8c8ccccc78)c6)cc5)c4)n3)cc2)cc1.c1ccc(-c2ccc(-c3nc(-c4ccccc4)nc(-c4cccc(-c5ccc(-c6cccc(-c7nc8ccccc8c8ccc9ccccc9c78)c6)cc5)c4)n3)cc2)cc1. The molecule has 18 aromatic carbocycles. The molecule has 4 aromatic heterocycles. The molecule has 0 unspecified atom stereocenters. The van der Waals surface area contributed by atoms with Gasteiger partial charge in [0.1, 0.15) is 0 Å². The summed E-state index contributed by atoms with van der Waals surface area (Å²) in [6.45, 7) is 0. The lowest BCUT2D eigenvalue weighted by Crippen LogP contribution is -2.00. The topological polar surface area (TPSA) is 103 Å². The van der Waals surface area contributed by atoms with Crippen molar-refractivity contribution in [1.29, 1.82) is 0 Å². The summed E-state index contributed by atoms with van der Waals surface area (Å²) in [5, 5.41) is 11.9. The highest BCUT2D eigenvalue weighted by Crippen LogP contribution is 2.42. The predicted molar refractivity (Wildman–Crippen MR) is 496 cm³/mol. The molecule has 0 fully saturated rings. The van der Waals surface area contributed by atoms with Crippen LogP contribution in [0.25, 0.3) is 222 Å². The highest BCUT2D eigenvalue weighted by Gasteiger charge is 2.20. The van der Waals surface area contributed by atoms with Crippen LogP contribution in [0.1, 0.15) is 0 Å². The number of hydrogen-bond donors (Lipinski definition) is 0. The molecule has 0 saturated carbocycles. The van der Waals surface area contributed by atoms with Crippen LogP contribution in [0.2, 0.25) is 0 Å². The molecule has 0 aliphatic rings. The maximum absolute atomic E-state index is 5.37. The van der Waals surface area contributed by atoms with Crippen LogP contribution >= 0.6 is 0 Å². The van der Waals surface area contributed by atoms with Crippen LogP contribution in [0.15, 0.2) is 437 Å². The van der Waals surface area contributed by atoms with Crippen LogP contribution in [0, 0.1) is 0 Å². The van der Waals surface area contributed by atoms with Crippen molar-refractivity contribution in [3.05, 3.63) is 437 Å². The van der Waals surface area contributed by atoms with E-state index >= 15 is 0 Å². The Morgan fingerprint density at radius 1 is 0.125 bits per heavy atom. The second kappa shape index (κ2) is 31.6. The van der Waals surface area contributed by atoms with E-state index in [1.54, 1.807) is 0 Å². The van der Waals surface area contributed by atoms with Gasteiger partial charge in [-0.1, -0.05) is 406 Å². The lowest BCUT2D eigenvalue weighted by molar-refractivity contribution is 1.07. The van der Waals surface area contributed by atoms with E-state index in [0.29, 0.717) is 34.9 Å². The molecule has 0 aliphatic carbocycles. The van der Waals surface area contributed by atoms with Crippen molar-refractivity contribution in [2.45, 2.75) is 0 Å². The summed E-state index contributed by atoms with van der Waals surface area (Å²) in [6, 6.07) is 153. The zero-order chi connectivity index (χ0) is 79.7. The normalized spacial score (nSPS) is 11.3. The van der Waals surface area contributed by atoms with Gasteiger partial charge in [0.25, 0.3) is 0 Å². The Morgan fingerprint density at radius 3 is 0.842 bits per heavy atom. The fraction of sp³-hybridized carbons (Fsp3) is 0. The molecule has 120 heavy (non-hydrogen) atoms. The van der Waals surface area contributed by atoms with E-state index in [1.807, 2.05) is 72.8 Å². The number of para-hydroxylation sites is 1.